The molecule has 0 heterocycles. The molecule has 2 aromatic carbocycles. The van der Waals surface area contributed by atoms with E-state index < -0.39 is 5.91 Å². The zero-order valence-electron chi connectivity index (χ0n) is 12.2. The summed E-state index contributed by atoms with van der Waals surface area (Å²) < 4.78 is 5.72. The van der Waals surface area contributed by atoms with Crippen LogP contribution in [0.4, 0.5) is 5.69 Å². The summed E-state index contributed by atoms with van der Waals surface area (Å²) in [6.45, 7) is 0. The maximum absolute atomic E-state index is 12.2. The average Bonchev–Trinajstić information content (AvgIpc) is 2.56. The second-order valence-corrected chi connectivity index (χ2v) is 5.39. The smallest absolute Gasteiger partial charge is 0.266 e. The first kappa shape index (κ1) is 16.6. The highest BCUT2D eigenvalue weighted by molar-refractivity contribution is 9.10. The number of phenolic OH excluding ortho intramolecular Hbond substituents is 1. The minimum Gasteiger partial charge on any atom is -0.504 e. The van der Waals surface area contributed by atoms with Crippen molar-refractivity contribution in [3.63, 3.8) is 0 Å². The molecule has 0 atom stereocenters. The number of methoxy groups -OCH3 is 1. The normalized spacial score (nSPS) is 10.7. The molecule has 0 aromatic heterocycles. The number of amides is 1. The molecule has 5 nitrogen and oxygen atoms in total. The largest absolute Gasteiger partial charge is 0.504 e. The molecule has 0 bridgehead atoms. The van der Waals surface area contributed by atoms with Gasteiger partial charge in [0.2, 0.25) is 0 Å². The van der Waals surface area contributed by atoms with Crippen LogP contribution in [0.5, 0.6) is 11.5 Å². The number of anilines is 1. The predicted octanol–water partition coefficient (Wildman–Crippen LogP) is 3.71. The highest BCUT2D eigenvalue weighted by atomic mass is 79.9. The summed E-state index contributed by atoms with van der Waals surface area (Å²) in [5, 5.41) is 21.4. The molecule has 0 radical (unpaired) electrons. The van der Waals surface area contributed by atoms with Crippen LogP contribution < -0.4 is 10.1 Å². The van der Waals surface area contributed by atoms with Crippen LogP contribution in [0.1, 0.15) is 5.56 Å². The molecule has 2 aromatic rings. The highest BCUT2D eigenvalue weighted by Crippen LogP contribution is 2.27. The Kier molecular flexibility index (Phi) is 5.39. The summed E-state index contributed by atoms with van der Waals surface area (Å²) in [7, 11) is 1.42. The number of rotatable bonds is 4. The van der Waals surface area contributed by atoms with Crippen molar-refractivity contribution in [2.75, 3.05) is 12.4 Å². The van der Waals surface area contributed by atoms with E-state index in [1.54, 1.807) is 30.3 Å². The van der Waals surface area contributed by atoms with Gasteiger partial charge in [0.1, 0.15) is 11.6 Å². The summed E-state index contributed by atoms with van der Waals surface area (Å²) in [4.78, 5) is 12.2. The fourth-order valence-electron chi connectivity index (χ4n) is 1.85. The van der Waals surface area contributed by atoms with Crippen molar-refractivity contribution in [3.8, 4) is 17.6 Å². The maximum Gasteiger partial charge on any atom is 0.266 e. The molecule has 0 saturated carbocycles. The van der Waals surface area contributed by atoms with E-state index in [2.05, 4.69) is 21.2 Å². The average molecular weight is 373 g/mol. The molecule has 0 aliphatic rings. The van der Waals surface area contributed by atoms with Crippen molar-refractivity contribution >= 4 is 33.6 Å². The number of aromatic hydroxyl groups is 1. The number of nitriles is 1. The van der Waals surface area contributed by atoms with Gasteiger partial charge in [-0.2, -0.15) is 5.26 Å². The molecular weight excluding hydrogens is 360 g/mol. The lowest BCUT2D eigenvalue weighted by molar-refractivity contribution is -0.112. The maximum atomic E-state index is 12.2. The van der Waals surface area contributed by atoms with E-state index in [4.69, 9.17) is 4.74 Å². The first-order valence-corrected chi connectivity index (χ1v) is 7.39. The van der Waals surface area contributed by atoms with Crippen LogP contribution in [0, 0.1) is 11.3 Å². The molecule has 116 valence electrons. The van der Waals surface area contributed by atoms with Crippen molar-refractivity contribution in [2.24, 2.45) is 0 Å². The molecule has 0 spiro atoms. The van der Waals surface area contributed by atoms with E-state index in [0.717, 1.165) is 4.47 Å². The quantitative estimate of drug-likeness (QED) is 0.632. The molecule has 2 rings (SSSR count). The first-order chi connectivity index (χ1) is 11.0. The SMILES string of the molecule is COc1cc(/C=C(/C#N)C(=O)Nc2ccccc2Br)ccc1O. The Morgan fingerprint density at radius 1 is 1.35 bits per heavy atom. The number of hydrogen-bond donors (Lipinski definition) is 2. The van der Waals surface area contributed by atoms with Gasteiger partial charge in [-0.05, 0) is 51.8 Å². The second-order valence-electron chi connectivity index (χ2n) is 4.54. The van der Waals surface area contributed by atoms with E-state index in [9.17, 15) is 15.2 Å². The number of ether oxygens (including phenoxy) is 1. The van der Waals surface area contributed by atoms with E-state index in [1.807, 2.05) is 12.1 Å². The highest BCUT2D eigenvalue weighted by Gasteiger charge is 2.11. The molecule has 0 aliphatic carbocycles. The molecule has 2 N–H and O–H groups in total. The van der Waals surface area contributed by atoms with Gasteiger partial charge < -0.3 is 15.2 Å². The molecule has 0 saturated heterocycles. The summed E-state index contributed by atoms with van der Waals surface area (Å²) in [6, 6.07) is 13.5. The molecule has 0 fully saturated rings. The third kappa shape index (κ3) is 4.11. The summed E-state index contributed by atoms with van der Waals surface area (Å²) in [6.07, 6.45) is 1.42. The molecule has 0 unspecified atom stereocenters. The Hall–Kier alpha value is -2.78. The zero-order chi connectivity index (χ0) is 16.8. The van der Waals surface area contributed by atoms with Crippen LogP contribution in [0.15, 0.2) is 52.5 Å². The number of hydrogen-bond acceptors (Lipinski definition) is 4. The molecule has 0 aliphatic heterocycles. The fourth-order valence-corrected chi connectivity index (χ4v) is 2.24. The van der Waals surface area contributed by atoms with Crippen LogP contribution in [0.25, 0.3) is 6.08 Å². The van der Waals surface area contributed by atoms with Gasteiger partial charge in [0, 0.05) is 4.47 Å². The number of benzene rings is 2. The van der Waals surface area contributed by atoms with Crippen molar-refractivity contribution in [1.29, 1.82) is 5.26 Å². The van der Waals surface area contributed by atoms with E-state index in [0.29, 0.717) is 11.3 Å². The third-order valence-corrected chi connectivity index (χ3v) is 3.69. The number of carbonyl (C=O) groups excluding carboxylic acids is 1. The standard InChI is InChI=1S/C17H13BrN2O3/c1-23-16-9-11(6-7-15(16)21)8-12(10-19)17(22)20-14-5-3-2-4-13(14)18/h2-9,21H,1H3,(H,20,22)/b12-8-. The lowest BCUT2D eigenvalue weighted by Gasteiger charge is -2.07. The van der Waals surface area contributed by atoms with Crippen molar-refractivity contribution in [3.05, 3.63) is 58.1 Å². The number of nitrogens with zero attached hydrogens (tertiary/aromatic N) is 1. The number of halogens is 1. The van der Waals surface area contributed by atoms with Gasteiger partial charge in [-0.15, -0.1) is 0 Å². The first-order valence-electron chi connectivity index (χ1n) is 6.60. The van der Waals surface area contributed by atoms with Gasteiger partial charge >= 0.3 is 0 Å². The molecule has 23 heavy (non-hydrogen) atoms. The number of nitrogens with one attached hydrogen (secondary N) is 1. The van der Waals surface area contributed by atoms with Gasteiger partial charge in [0.05, 0.1) is 12.8 Å². The topological polar surface area (TPSA) is 82.3 Å². The minimum absolute atomic E-state index is 0.0131. The zero-order valence-corrected chi connectivity index (χ0v) is 13.8. The number of phenols is 1. The fraction of sp³-hybridized carbons (Fsp3) is 0.0588. The molecule has 1 amide bonds. The lowest BCUT2D eigenvalue weighted by Crippen LogP contribution is -2.13. The van der Waals surface area contributed by atoms with Crippen LogP contribution in [0.3, 0.4) is 0 Å². The van der Waals surface area contributed by atoms with Crippen molar-refractivity contribution in [1.82, 2.24) is 0 Å². The van der Waals surface area contributed by atoms with E-state index >= 15 is 0 Å². The van der Waals surface area contributed by atoms with Crippen LogP contribution in [-0.2, 0) is 4.79 Å². The Morgan fingerprint density at radius 3 is 2.74 bits per heavy atom. The number of para-hydroxylation sites is 1. The van der Waals surface area contributed by atoms with Gasteiger partial charge in [0.15, 0.2) is 11.5 Å². The lowest BCUT2D eigenvalue weighted by atomic mass is 10.1. The van der Waals surface area contributed by atoms with Gasteiger partial charge in [-0.1, -0.05) is 18.2 Å². The Balaban J connectivity index is 2.27. The van der Waals surface area contributed by atoms with E-state index in [-0.39, 0.29) is 17.1 Å². The third-order valence-electron chi connectivity index (χ3n) is 3.00. The predicted molar refractivity (Wildman–Crippen MR) is 91.0 cm³/mol. The van der Waals surface area contributed by atoms with Crippen molar-refractivity contribution < 1.29 is 14.6 Å². The van der Waals surface area contributed by atoms with Crippen LogP contribution in [-0.4, -0.2) is 18.1 Å². The van der Waals surface area contributed by atoms with Crippen LogP contribution in [0.2, 0.25) is 0 Å². The Labute approximate surface area is 142 Å². The van der Waals surface area contributed by atoms with E-state index in [1.165, 1.54) is 19.3 Å². The van der Waals surface area contributed by atoms with Gasteiger partial charge in [0.25, 0.3) is 5.91 Å². The van der Waals surface area contributed by atoms with Gasteiger partial charge in [-0.3, -0.25) is 4.79 Å². The monoisotopic (exact) mass is 372 g/mol. The Morgan fingerprint density at radius 2 is 2.09 bits per heavy atom. The molecular formula is C17H13BrN2O3. The number of carbonyl (C=O) groups is 1. The summed E-state index contributed by atoms with van der Waals surface area (Å²) in [5.41, 5.74) is 1.08. The minimum atomic E-state index is -0.522. The van der Waals surface area contributed by atoms with Crippen molar-refractivity contribution in [2.45, 2.75) is 0 Å². The Bertz CT molecular complexity index is 810. The van der Waals surface area contributed by atoms with Crippen LogP contribution >= 0.6 is 15.9 Å². The van der Waals surface area contributed by atoms with Gasteiger partial charge in [-0.25, -0.2) is 0 Å². The second kappa shape index (κ2) is 7.47. The molecule has 6 heteroatoms. The summed E-state index contributed by atoms with van der Waals surface area (Å²) >= 11 is 3.33. The summed E-state index contributed by atoms with van der Waals surface area (Å²) in [5.74, 6) is -0.269.